The van der Waals surface area contributed by atoms with Crippen LogP contribution in [0, 0.1) is 6.92 Å². The number of anilines is 1. The number of aromatic nitrogens is 1. The SMILES string of the molecule is CC(=O)N(CCC(=O)N(C)CCc1ccncc1)c1c(C)cccc1C(C)C. The van der Waals surface area contributed by atoms with Crippen LogP contribution in [0.1, 0.15) is 49.8 Å². The van der Waals surface area contributed by atoms with Gasteiger partial charge in [-0.1, -0.05) is 32.0 Å². The third-order valence-corrected chi connectivity index (χ3v) is 5.00. The van der Waals surface area contributed by atoms with Crippen LogP contribution in [0.4, 0.5) is 5.69 Å². The Labute approximate surface area is 168 Å². The van der Waals surface area contributed by atoms with Crippen molar-refractivity contribution in [3.63, 3.8) is 0 Å². The Balaban J connectivity index is 2.04. The predicted molar refractivity (Wildman–Crippen MR) is 113 cm³/mol. The Morgan fingerprint density at radius 2 is 1.75 bits per heavy atom. The lowest BCUT2D eigenvalue weighted by molar-refractivity contribution is -0.129. The summed E-state index contributed by atoms with van der Waals surface area (Å²) >= 11 is 0. The summed E-state index contributed by atoms with van der Waals surface area (Å²) in [6.45, 7) is 8.85. The molecule has 2 aromatic rings. The molecular formula is C23H31N3O2. The number of carbonyl (C=O) groups is 2. The molecule has 0 aliphatic heterocycles. The van der Waals surface area contributed by atoms with E-state index in [1.54, 1.807) is 29.1 Å². The van der Waals surface area contributed by atoms with Crippen LogP contribution in [0.25, 0.3) is 0 Å². The first kappa shape index (κ1) is 21.6. The Hall–Kier alpha value is -2.69. The second-order valence-electron chi connectivity index (χ2n) is 7.51. The molecular weight excluding hydrogens is 350 g/mol. The Bertz CT molecular complexity index is 803. The highest BCUT2D eigenvalue weighted by Gasteiger charge is 2.21. The van der Waals surface area contributed by atoms with E-state index in [9.17, 15) is 9.59 Å². The smallest absolute Gasteiger partial charge is 0.224 e. The molecule has 0 unspecified atom stereocenters. The zero-order chi connectivity index (χ0) is 20.7. The number of hydrogen-bond acceptors (Lipinski definition) is 3. The van der Waals surface area contributed by atoms with Crippen molar-refractivity contribution in [1.82, 2.24) is 9.88 Å². The minimum atomic E-state index is -0.0385. The quantitative estimate of drug-likeness (QED) is 0.695. The van der Waals surface area contributed by atoms with Gasteiger partial charge in [0.05, 0.1) is 0 Å². The fraction of sp³-hybridized carbons (Fsp3) is 0.435. The number of pyridine rings is 1. The van der Waals surface area contributed by atoms with E-state index in [0.29, 0.717) is 25.4 Å². The van der Waals surface area contributed by atoms with Gasteiger partial charge in [-0.25, -0.2) is 0 Å². The fourth-order valence-corrected chi connectivity index (χ4v) is 3.31. The minimum Gasteiger partial charge on any atom is -0.345 e. The molecule has 5 heteroatoms. The van der Waals surface area contributed by atoms with Crippen LogP contribution in [0.2, 0.25) is 0 Å². The van der Waals surface area contributed by atoms with Gasteiger partial charge in [-0.3, -0.25) is 14.6 Å². The highest BCUT2D eigenvalue weighted by molar-refractivity contribution is 5.94. The van der Waals surface area contributed by atoms with Gasteiger partial charge in [0.1, 0.15) is 0 Å². The molecule has 28 heavy (non-hydrogen) atoms. The lowest BCUT2D eigenvalue weighted by Gasteiger charge is -2.28. The van der Waals surface area contributed by atoms with Gasteiger partial charge in [-0.15, -0.1) is 0 Å². The van der Waals surface area contributed by atoms with Gasteiger partial charge < -0.3 is 9.80 Å². The summed E-state index contributed by atoms with van der Waals surface area (Å²) in [7, 11) is 1.81. The maximum Gasteiger partial charge on any atom is 0.224 e. The molecule has 1 aromatic carbocycles. The van der Waals surface area contributed by atoms with E-state index in [1.807, 2.05) is 38.2 Å². The molecule has 2 rings (SSSR count). The molecule has 0 bridgehead atoms. The van der Waals surface area contributed by atoms with Crippen LogP contribution < -0.4 is 4.90 Å². The molecule has 0 atom stereocenters. The van der Waals surface area contributed by atoms with Crippen molar-refractivity contribution < 1.29 is 9.59 Å². The Morgan fingerprint density at radius 1 is 1.07 bits per heavy atom. The lowest BCUT2D eigenvalue weighted by Crippen LogP contribution is -2.36. The van der Waals surface area contributed by atoms with Gasteiger partial charge in [0.2, 0.25) is 11.8 Å². The monoisotopic (exact) mass is 381 g/mol. The molecule has 0 N–H and O–H groups in total. The highest BCUT2D eigenvalue weighted by Crippen LogP contribution is 2.31. The number of aryl methyl sites for hydroxylation is 1. The summed E-state index contributed by atoms with van der Waals surface area (Å²) < 4.78 is 0. The van der Waals surface area contributed by atoms with Crippen LogP contribution in [-0.2, 0) is 16.0 Å². The molecule has 5 nitrogen and oxygen atoms in total. The topological polar surface area (TPSA) is 53.5 Å². The van der Waals surface area contributed by atoms with Gasteiger partial charge in [0.15, 0.2) is 0 Å². The van der Waals surface area contributed by atoms with Gasteiger partial charge in [-0.2, -0.15) is 0 Å². The molecule has 0 aliphatic carbocycles. The molecule has 150 valence electrons. The summed E-state index contributed by atoms with van der Waals surface area (Å²) in [6.07, 6.45) is 4.61. The summed E-state index contributed by atoms with van der Waals surface area (Å²) in [6, 6.07) is 10.0. The maximum atomic E-state index is 12.6. The fourth-order valence-electron chi connectivity index (χ4n) is 3.31. The molecule has 0 aliphatic rings. The highest BCUT2D eigenvalue weighted by atomic mass is 16.2. The number of benzene rings is 1. The number of hydrogen-bond donors (Lipinski definition) is 0. The molecule has 0 saturated heterocycles. The number of nitrogens with zero attached hydrogens (tertiary/aromatic N) is 3. The number of likely N-dealkylation sites (N-methyl/N-ethyl adjacent to an activating group) is 1. The van der Waals surface area contributed by atoms with Crippen molar-refractivity contribution in [2.75, 3.05) is 25.0 Å². The number of para-hydroxylation sites is 1. The second-order valence-corrected chi connectivity index (χ2v) is 7.51. The van der Waals surface area contributed by atoms with E-state index in [-0.39, 0.29) is 11.8 Å². The predicted octanol–water partition coefficient (Wildman–Crippen LogP) is 3.96. The van der Waals surface area contributed by atoms with Crippen LogP contribution in [-0.4, -0.2) is 41.8 Å². The first-order valence-corrected chi connectivity index (χ1v) is 9.81. The average molecular weight is 382 g/mol. The Morgan fingerprint density at radius 3 is 2.36 bits per heavy atom. The number of rotatable bonds is 8. The van der Waals surface area contributed by atoms with E-state index in [2.05, 4.69) is 24.9 Å². The van der Waals surface area contributed by atoms with Gasteiger partial charge in [-0.05, 0) is 48.1 Å². The molecule has 1 heterocycles. The van der Waals surface area contributed by atoms with Crippen LogP contribution in [0.5, 0.6) is 0 Å². The lowest BCUT2D eigenvalue weighted by atomic mass is 9.97. The third kappa shape index (κ3) is 5.65. The first-order valence-electron chi connectivity index (χ1n) is 9.81. The molecule has 0 fully saturated rings. The van der Waals surface area contributed by atoms with Crippen LogP contribution in [0.15, 0.2) is 42.7 Å². The molecule has 1 aromatic heterocycles. The van der Waals surface area contributed by atoms with Crippen LogP contribution in [0.3, 0.4) is 0 Å². The average Bonchev–Trinajstić information content (AvgIpc) is 2.67. The van der Waals surface area contributed by atoms with Crippen molar-refractivity contribution in [3.8, 4) is 0 Å². The van der Waals surface area contributed by atoms with Crippen molar-refractivity contribution >= 4 is 17.5 Å². The summed E-state index contributed by atoms with van der Waals surface area (Å²) in [5, 5.41) is 0. The van der Waals surface area contributed by atoms with E-state index in [4.69, 9.17) is 0 Å². The second kappa shape index (κ2) is 10.0. The normalized spacial score (nSPS) is 10.8. The van der Waals surface area contributed by atoms with E-state index in [0.717, 1.165) is 28.8 Å². The van der Waals surface area contributed by atoms with Crippen molar-refractivity contribution in [2.45, 2.75) is 46.5 Å². The summed E-state index contributed by atoms with van der Waals surface area (Å²) in [5.41, 5.74) is 4.28. The first-order chi connectivity index (χ1) is 13.3. The standard InChI is InChI=1S/C23H31N3O2/c1-17(2)21-8-6-7-18(3)23(21)26(19(4)27)16-12-22(28)25(5)15-11-20-9-13-24-14-10-20/h6-10,13-14,17H,11-12,15-16H2,1-5H3. The number of carbonyl (C=O) groups excluding carboxylic acids is 2. The summed E-state index contributed by atoms with van der Waals surface area (Å²) in [5.74, 6) is 0.305. The maximum absolute atomic E-state index is 12.6. The zero-order valence-electron chi connectivity index (χ0n) is 17.6. The van der Waals surface area contributed by atoms with Gasteiger partial charge >= 0.3 is 0 Å². The van der Waals surface area contributed by atoms with E-state index >= 15 is 0 Å². The largest absolute Gasteiger partial charge is 0.345 e. The van der Waals surface area contributed by atoms with E-state index in [1.165, 1.54) is 0 Å². The van der Waals surface area contributed by atoms with E-state index < -0.39 is 0 Å². The molecule has 0 saturated carbocycles. The van der Waals surface area contributed by atoms with Crippen molar-refractivity contribution in [2.24, 2.45) is 0 Å². The summed E-state index contributed by atoms with van der Waals surface area (Å²) in [4.78, 5) is 32.5. The minimum absolute atomic E-state index is 0.0385. The zero-order valence-corrected chi connectivity index (χ0v) is 17.6. The molecule has 0 radical (unpaired) electrons. The van der Waals surface area contributed by atoms with Crippen molar-refractivity contribution in [1.29, 1.82) is 0 Å². The third-order valence-electron chi connectivity index (χ3n) is 5.00. The van der Waals surface area contributed by atoms with Gasteiger partial charge in [0.25, 0.3) is 0 Å². The van der Waals surface area contributed by atoms with Crippen molar-refractivity contribution in [3.05, 3.63) is 59.4 Å². The molecule has 0 spiro atoms. The van der Waals surface area contributed by atoms with Gasteiger partial charge in [0, 0.05) is 51.6 Å². The molecule has 2 amide bonds. The Kier molecular flexibility index (Phi) is 7.73. The number of amides is 2. The van der Waals surface area contributed by atoms with Crippen LogP contribution >= 0.6 is 0 Å².